The maximum atomic E-state index is 14.8. The Morgan fingerprint density at radius 1 is 1.10 bits per heavy atom. The van der Waals surface area contributed by atoms with Crippen LogP contribution in [0.25, 0.3) is 0 Å². The zero-order valence-corrected chi connectivity index (χ0v) is 29.1. The summed E-state index contributed by atoms with van der Waals surface area (Å²) in [7, 11) is 0. The van der Waals surface area contributed by atoms with Gasteiger partial charge in [0.1, 0.15) is 17.7 Å². The molecule has 3 fully saturated rings. The number of allylic oxidation sites excluding steroid dienone is 1. The number of ether oxygens (including phenoxy) is 2. The van der Waals surface area contributed by atoms with Crippen LogP contribution < -0.4 is 5.32 Å². The minimum absolute atomic E-state index is 0.0545. The minimum atomic E-state index is -1.25. The van der Waals surface area contributed by atoms with Crippen LogP contribution in [-0.2, 0) is 35.1 Å². The van der Waals surface area contributed by atoms with Crippen molar-refractivity contribution < 1.29 is 33.8 Å². The first-order valence-electron chi connectivity index (χ1n) is 18.0. The van der Waals surface area contributed by atoms with Crippen LogP contribution in [0.2, 0.25) is 0 Å². The molecule has 3 aliphatic heterocycles. The summed E-state index contributed by atoms with van der Waals surface area (Å²) in [4.78, 5) is 59.5. The van der Waals surface area contributed by atoms with Crippen LogP contribution in [-0.4, -0.2) is 88.6 Å². The Bertz CT molecular complexity index is 1500. The molecular formula is C40H51N3O7. The molecule has 10 heteroatoms. The van der Waals surface area contributed by atoms with Gasteiger partial charge in [0.05, 0.1) is 37.1 Å². The van der Waals surface area contributed by atoms with E-state index in [2.05, 4.69) is 25.4 Å². The van der Waals surface area contributed by atoms with Gasteiger partial charge < -0.3 is 29.7 Å². The molecule has 10 nitrogen and oxygen atoms in total. The summed E-state index contributed by atoms with van der Waals surface area (Å²) < 4.78 is 12.8. The number of aliphatic hydroxyl groups excluding tert-OH is 1. The molecule has 2 N–H and O–H groups in total. The normalized spacial score (nSPS) is 24.7. The Morgan fingerprint density at radius 3 is 2.48 bits per heavy atom. The quantitative estimate of drug-likeness (QED) is 0.126. The fraction of sp³-hybridized carbons (Fsp3) is 0.500. The molecule has 2 aromatic rings. The van der Waals surface area contributed by atoms with Gasteiger partial charge >= 0.3 is 5.97 Å². The number of nitrogens with zero attached hydrogens (tertiary/aromatic N) is 2. The fourth-order valence-electron chi connectivity index (χ4n) is 7.98. The summed E-state index contributed by atoms with van der Waals surface area (Å²) in [6.07, 6.45) is 6.67. The van der Waals surface area contributed by atoms with Crippen molar-refractivity contribution in [3.63, 3.8) is 0 Å². The molecule has 1 spiro atoms. The Morgan fingerprint density at radius 2 is 1.82 bits per heavy atom. The van der Waals surface area contributed by atoms with E-state index in [0.29, 0.717) is 44.3 Å². The Kier molecular flexibility index (Phi) is 12.6. The molecule has 3 heterocycles. The molecule has 0 unspecified atom stereocenters. The van der Waals surface area contributed by atoms with Crippen LogP contribution in [0.1, 0.15) is 69.1 Å². The minimum Gasteiger partial charge on any atom is -0.455 e. The lowest BCUT2D eigenvalue weighted by Crippen LogP contribution is -2.59. The van der Waals surface area contributed by atoms with Crippen molar-refractivity contribution in [2.24, 2.45) is 11.8 Å². The van der Waals surface area contributed by atoms with Crippen molar-refractivity contribution >= 4 is 23.7 Å². The maximum Gasteiger partial charge on any atom is 0.313 e. The van der Waals surface area contributed by atoms with Crippen LogP contribution in [0.5, 0.6) is 0 Å². The third-order valence-corrected chi connectivity index (χ3v) is 10.3. The Labute approximate surface area is 295 Å². The van der Waals surface area contributed by atoms with Crippen LogP contribution in [0.15, 0.2) is 86.0 Å². The van der Waals surface area contributed by atoms with Gasteiger partial charge in [-0.15, -0.1) is 13.2 Å². The monoisotopic (exact) mass is 685 g/mol. The number of aliphatic hydroxyl groups is 1. The predicted molar refractivity (Wildman–Crippen MR) is 189 cm³/mol. The topological polar surface area (TPSA) is 125 Å². The number of likely N-dealkylation sites (tertiary alicyclic amines) is 1. The molecule has 0 aliphatic carbocycles. The second-order valence-electron chi connectivity index (χ2n) is 13.6. The van der Waals surface area contributed by atoms with Gasteiger partial charge in [0.15, 0.2) is 0 Å². The van der Waals surface area contributed by atoms with Crippen molar-refractivity contribution in [1.82, 2.24) is 15.1 Å². The lowest BCUT2D eigenvalue weighted by atomic mass is 9.70. The van der Waals surface area contributed by atoms with Crippen LogP contribution in [0, 0.1) is 11.8 Å². The molecule has 3 aliphatic rings. The highest BCUT2D eigenvalue weighted by molar-refractivity contribution is 5.98. The smallest absolute Gasteiger partial charge is 0.313 e. The van der Waals surface area contributed by atoms with E-state index in [1.807, 2.05) is 60.7 Å². The summed E-state index contributed by atoms with van der Waals surface area (Å²) in [5, 5.41) is 13.6. The summed E-state index contributed by atoms with van der Waals surface area (Å²) in [5.74, 6) is -3.36. The van der Waals surface area contributed by atoms with Gasteiger partial charge in [-0.2, -0.15) is 0 Å². The van der Waals surface area contributed by atoms with Gasteiger partial charge in [0.25, 0.3) is 0 Å². The summed E-state index contributed by atoms with van der Waals surface area (Å²) in [6.45, 7) is 10.1. The number of rotatable bonds is 19. The van der Waals surface area contributed by atoms with Crippen molar-refractivity contribution in [2.45, 2.75) is 88.2 Å². The molecule has 7 atom stereocenters. The highest BCUT2D eigenvalue weighted by Gasteiger charge is 2.75. The van der Waals surface area contributed by atoms with Gasteiger partial charge in [0, 0.05) is 19.5 Å². The van der Waals surface area contributed by atoms with E-state index in [0.717, 1.165) is 24.8 Å². The Balaban J connectivity index is 1.48. The van der Waals surface area contributed by atoms with E-state index in [-0.39, 0.29) is 37.3 Å². The second kappa shape index (κ2) is 17.1. The molecule has 0 saturated carbocycles. The fourth-order valence-corrected chi connectivity index (χ4v) is 7.98. The van der Waals surface area contributed by atoms with Gasteiger partial charge in [-0.05, 0) is 43.2 Å². The average molecular weight is 686 g/mol. The zero-order valence-electron chi connectivity index (χ0n) is 29.1. The number of carbonyl (C=O) groups is 4. The highest BCUT2D eigenvalue weighted by Crippen LogP contribution is 2.59. The molecule has 3 amide bonds. The summed E-state index contributed by atoms with van der Waals surface area (Å²) >= 11 is 0. The average Bonchev–Trinajstić information content (AvgIpc) is 3.79. The summed E-state index contributed by atoms with van der Waals surface area (Å²) in [6, 6.07) is 17.0. The van der Waals surface area contributed by atoms with Gasteiger partial charge in [0.2, 0.25) is 17.7 Å². The number of hydrogen-bond acceptors (Lipinski definition) is 7. The number of esters is 1. The molecule has 5 rings (SSSR count). The van der Waals surface area contributed by atoms with E-state index < -0.39 is 47.7 Å². The Hall–Kier alpha value is -4.28. The number of unbranched alkanes of at least 4 members (excludes halogenated alkanes) is 2. The van der Waals surface area contributed by atoms with Gasteiger partial charge in [-0.3, -0.25) is 19.2 Å². The molecule has 268 valence electrons. The molecular weight excluding hydrogens is 634 g/mol. The number of benzene rings is 2. The van der Waals surface area contributed by atoms with Crippen LogP contribution >= 0.6 is 0 Å². The molecule has 2 aromatic carbocycles. The van der Waals surface area contributed by atoms with E-state index >= 15 is 0 Å². The largest absolute Gasteiger partial charge is 0.455 e. The third kappa shape index (κ3) is 7.71. The zero-order chi connectivity index (χ0) is 35.7. The van der Waals surface area contributed by atoms with Crippen LogP contribution in [0.3, 0.4) is 0 Å². The van der Waals surface area contributed by atoms with Crippen molar-refractivity contribution in [2.75, 3.05) is 26.2 Å². The molecule has 2 bridgehead atoms. The first-order valence-corrected chi connectivity index (χ1v) is 18.0. The van der Waals surface area contributed by atoms with Crippen molar-refractivity contribution in [3.05, 3.63) is 97.1 Å². The molecule has 50 heavy (non-hydrogen) atoms. The number of nitrogens with one attached hydrogen (secondary N) is 1. The summed E-state index contributed by atoms with van der Waals surface area (Å²) in [5.41, 5.74) is 0.359. The lowest BCUT2D eigenvalue weighted by molar-refractivity contribution is -0.161. The number of fused-ring (bicyclic) bond motifs is 1. The maximum absolute atomic E-state index is 14.8. The molecule has 3 saturated heterocycles. The lowest BCUT2D eigenvalue weighted by Gasteiger charge is -2.39. The van der Waals surface area contributed by atoms with Crippen molar-refractivity contribution in [3.8, 4) is 0 Å². The molecule has 0 radical (unpaired) electrons. The van der Waals surface area contributed by atoms with E-state index in [4.69, 9.17) is 9.47 Å². The second-order valence-corrected chi connectivity index (χ2v) is 13.6. The number of carbonyl (C=O) groups excluding carboxylic acids is 4. The number of amides is 3. The SMILES string of the molecule is C=CCCC(=O)NC[C@@H](OC(=O)[C@@H]1[C@@H]2CC[C@]3(O2)[C@H](C(=O)N(CC=C)CCCCC)N([C@@H](CO)Cc2ccccc2)C(=O)[C@@H]13)c1ccccc1. The highest BCUT2D eigenvalue weighted by atomic mass is 16.6. The predicted octanol–water partition coefficient (Wildman–Crippen LogP) is 4.54. The van der Waals surface area contributed by atoms with E-state index in [1.165, 1.54) is 4.90 Å². The third-order valence-electron chi connectivity index (χ3n) is 10.3. The van der Waals surface area contributed by atoms with E-state index in [9.17, 15) is 24.3 Å². The first-order chi connectivity index (χ1) is 24.3. The van der Waals surface area contributed by atoms with E-state index in [1.54, 1.807) is 17.1 Å². The first kappa shape index (κ1) is 37.0. The van der Waals surface area contributed by atoms with Crippen molar-refractivity contribution in [1.29, 1.82) is 0 Å². The standard InChI is InChI=1S/C40H51N3O7/c1-4-7-15-24-42(23-6-3)38(47)36-40-22-21-31(50-40)34(35(40)37(46)43(36)30(27-44)25-28-16-11-9-12-17-28)39(48)49-32(29-18-13-10-14-19-29)26-41-33(45)20-8-5-2/h5-6,9-14,16-19,30-32,34-36,44H,2-4,7-8,15,20-27H2,1H3,(H,41,45)/t30-,31+,32-,34-,35-,36+,40-/m1/s1. The number of hydrogen-bond donors (Lipinski definition) is 2. The molecule has 0 aromatic heterocycles. The van der Waals surface area contributed by atoms with Gasteiger partial charge in [-0.25, -0.2) is 0 Å². The van der Waals surface area contributed by atoms with Gasteiger partial charge in [-0.1, -0.05) is 92.6 Å². The van der Waals surface area contributed by atoms with Crippen LogP contribution in [0.4, 0.5) is 0 Å².